The lowest BCUT2D eigenvalue weighted by molar-refractivity contribution is 0.552. The summed E-state index contributed by atoms with van der Waals surface area (Å²) in [5.74, 6) is 0.644. The highest BCUT2D eigenvalue weighted by Crippen LogP contribution is 2.25. The van der Waals surface area contributed by atoms with E-state index in [0.717, 1.165) is 0 Å². The van der Waals surface area contributed by atoms with Gasteiger partial charge in [0.2, 0.25) is 0 Å². The molecule has 0 saturated heterocycles. The second-order valence-corrected chi connectivity index (χ2v) is 5.50. The smallest absolute Gasteiger partial charge is 0.00179 e. The van der Waals surface area contributed by atoms with Crippen molar-refractivity contribution in [3.63, 3.8) is 0 Å². The van der Waals surface area contributed by atoms with Gasteiger partial charge in [-0.25, -0.2) is 0 Å². The van der Waals surface area contributed by atoms with Gasteiger partial charge in [0.05, 0.1) is 0 Å². The fourth-order valence-electron chi connectivity index (χ4n) is 2.85. The normalized spacial score (nSPS) is 24.8. The van der Waals surface area contributed by atoms with Crippen LogP contribution in [0.25, 0.3) is 0 Å². The average molecular weight is 242 g/mol. The van der Waals surface area contributed by atoms with Gasteiger partial charge >= 0.3 is 0 Å². The third-order valence-electron chi connectivity index (χ3n) is 3.98. The highest BCUT2D eigenvalue weighted by Gasteiger charge is 2.07. The Labute approximate surface area is 112 Å². The molecule has 0 aliphatic heterocycles. The van der Waals surface area contributed by atoms with Gasteiger partial charge < -0.3 is 0 Å². The van der Waals surface area contributed by atoms with Gasteiger partial charge in [-0.15, -0.1) is 0 Å². The van der Waals surface area contributed by atoms with Crippen LogP contribution in [0.4, 0.5) is 0 Å². The minimum atomic E-state index is 0.644. The highest BCUT2D eigenvalue weighted by atomic mass is 14.1. The monoisotopic (exact) mass is 242 g/mol. The quantitative estimate of drug-likeness (QED) is 0.542. The van der Waals surface area contributed by atoms with Crippen LogP contribution in [-0.2, 0) is 0 Å². The van der Waals surface area contributed by atoms with E-state index in [0.29, 0.717) is 5.92 Å². The van der Waals surface area contributed by atoms with E-state index in [4.69, 9.17) is 0 Å². The van der Waals surface area contributed by atoms with E-state index >= 15 is 0 Å². The number of hydrogen-bond donors (Lipinski definition) is 0. The van der Waals surface area contributed by atoms with Crippen LogP contribution < -0.4 is 0 Å². The standard InChI is InChI=1S/C18H26/c1-2-4-6-9-13-17(14-10-7-5-3-1)18-15-11-8-12-16-18/h8-9,11-13,15-17H,1-7,10,14H2/b13-9-. The minimum Gasteiger partial charge on any atom is -0.0879 e. The molecule has 18 heavy (non-hydrogen) atoms. The Morgan fingerprint density at radius 2 is 1.39 bits per heavy atom. The van der Waals surface area contributed by atoms with Crippen molar-refractivity contribution in [2.24, 2.45) is 0 Å². The molecule has 0 heteroatoms. The lowest BCUT2D eigenvalue weighted by Gasteiger charge is -2.14. The molecule has 0 nitrogen and oxygen atoms in total. The molecule has 0 heterocycles. The molecular formula is C18H26. The van der Waals surface area contributed by atoms with Gasteiger partial charge in [0.25, 0.3) is 0 Å². The molecule has 2 rings (SSSR count). The summed E-state index contributed by atoms with van der Waals surface area (Å²) in [6, 6.07) is 11.0. The van der Waals surface area contributed by atoms with E-state index in [1.807, 2.05) is 0 Å². The summed E-state index contributed by atoms with van der Waals surface area (Å²) in [6.07, 6.45) is 17.4. The third kappa shape index (κ3) is 4.68. The van der Waals surface area contributed by atoms with Gasteiger partial charge in [0.15, 0.2) is 0 Å². The van der Waals surface area contributed by atoms with Crippen molar-refractivity contribution >= 4 is 0 Å². The van der Waals surface area contributed by atoms with Crippen LogP contribution in [0.2, 0.25) is 0 Å². The molecule has 0 radical (unpaired) electrons. The second-order valence-electron chi connectivity index (χ2n) is 5.50. The maximum Gasteiger partial charge on any atom is 0.00179 e. The van der Waals surface area contributed by atoms with Gasteiger partial charge in [0.1, 0.15) is 0 Å². The van der Waals surface area contributed by atoms with Crippen molar-refractivity contribution in [1.82, 2.24) is 0 Å². The minimum absolute atomic E-state index is 0.644. The summed E-state index contributed by atoms with van der Waals surface area (Å²) in [6.45, 7) is 0. The predicted octanol–water partition coefficient (Wildman–Crippen LogP) is 5.85. The summed E-state index contributed by atoms with van der Waals surface area (Å²) in [7, 11) is 0. The van der Waals surface area contributed by atoms with Gasteiger partial charge in [-0.1, -0.05) is 81.0 Å². The number of allylic oxidation sites excluding steroid dienone is 2. The van der Waals surface area contributed by atoms with Crippen molar-refractivity contribution in [2.45, 2.75) is 63.7 Å². The molecule has 1 aromatic carbocycles. The van der Waals surface area contributed by atoms with Crippen molar-refractivity contribution in [3.8, 4) is 0 Å². The van der Waals surface area contributed by atoms with E-state index in [2.05, 4.69) is 42.5 Å². The zero-order valence-corrected chi connectivity index (χ0v) is 11.5. The Balaban J connectivity index is 1.98. The first kappa shape index (κ1) is 13.4. The van der Waals surface area contributed by atoms with E-state index < -0.39 is 0 Å². The lowest BCUT2D eigenvalue weighted by atomic mass is 9.91. The van der Waals surface area contributed by atoms with Crippen LogP contribution in [-0.4, -0.2) is 0 Å². The largest absolute Gasteiger partial charge is 0.0879 e. The Morgan fingerprint density at radius 1 is 0.722 bits per heavy atom. The molecule has 98 valence electrons. The van der Waals surface area contributed by atoms with E-state index in [9.17, 15) is 0 Å². The zero-order chi connectivity index (χ0) is 12.5. The van der Waals surface area contributed by atoms with Crippen LogP contribution in [0.1, 0.15) is 69.3 Å². The summed E-state index contributed by atoms with van der Waals surface area (Å²) < 4.78 is 0. The topological polar surface area (TPSA) is 0 Å². The molecule has 0 amide bonds. The molecule has 1 aliphatic carbocycles. The summed E-state index contributed by atoms with van der Waals surface area (Å²) in [4.78, 5) is 0. The van der Waals surface area contributed by atoms with Crippen molar-refractivity contribution in [1.29, 1.82) is 0 Å². The van der Waals surface area contributed by atoms with Gasteiger partial charge in [-0.2, -0.15) is 0 Å². The molecular weight excluding hydrogens is 216 g/mol. The molecule has 0 fully saturated rings. The SMILES string of the molecule is C1=C\C(c2ccccc2)CCCCCCCCC/1. The molecule has 1 aliphatic rings. The molecule has 0 N–H and O–H groups in total. The molecule has 1 atom stereocenters. The summed E-state index contributed by atoms with van der Waals surface area (Å²) >= 11 is 0. The molecule has 1 aromatic rings. The molecule has 0 spiro atoms. The van der Waals surface area contributed by atoms with Crippen LogP contribution >= 0.6 is 0 Å². The van der Waals surface area contributed by atoms with Crippen LogP contribution in [0.3, 0.4) is 0 Å². The average Bonchev–Trinajstić information content (AvgIpc) is 2.40. The predicted molar refractivity (Wildman–Crippen MR) is 79.9 cm³/mol. The van der Waals surface area contributed by atoms with E-state index in [1.54, 1.807) is 0 Å². The zero-order valence-electron chi connectivity index (χ0n) is 11.5. The van der Waals surface area contributed by atoms with Crippen LogP contribution in [0.5, 0.6) is 0 Å². The maximum atomic E-state index is 2.46. The van der Waals surface area contributed by atoms with Crippen molar-refractivity contribution < 1.29 is 0 Å². The van der Waals surface area contributed by atoms with Crippen LogP contribution in [0.15, 0.2) is 42.5 Å². The third-order valence-corrected chi connectivity index (χ3v) is 3.98. The first-order valence-electron chi connectivity index (χ1n) is 7.68. The van der Waals surface area contributed by atoms with Gasteiger partial charge in [0, 0.05) is 5.92 Å². The van der Waals surface area contributed by atoms with E-state index in [-0.39, 0.29) is 0 Å². The summed E-state index contributed by atoms with van der Waals surface area (Å²) in [5.41, 5.74) is 1.49. The fraction of sp³-hybridized carbons (Fsp3) is 0.556. The Kier molecular flexibility index (Phi) is 6.05. The Morgan fingerprint density at radius 3 is 2.17 bits per heavy atom. The fourth-order valence-corrected chi connectivity index (χ4v) is 2.85. The number of rotatable bonds is 1. The number of benzene rings is 1. The Bertz CT molecular complexity index is 336. The van der Waals surface area contributed by atoms with Crippen molar-refractivity contribution in [2.75, 3.05) is 0 Å². The first-order chi connectivity index (χ1) is 8.97. The summed E-state index contributed by atoms with van der Waals surface area (Å²) in [5, 5.41) is 0. The highest BCUT2D eigenvalue weighted by molar-refractivity contribution is 5.23. The Hall–Kier alpha value is -1.04. The van der Waals surface area contributed by atoms with Gasteiger partial charge in [-0.3, -0.25) is 0 Å². The lowest BCUT2D eigenvalue weighted by Crippen LogP contribution is -1.96. The number of hydrogen-bond acceptors (Lipinski definition) is 0. The second kappa shape index (κ2) is 8.13. The van der Waals surface area contributed by atoms with Gasteiger partial charge in [-0.05, 0) is 24.8 Å². The van der Waals surface area contributed by atoms with Crippen molar-refractivity contribution in [3.05, 3.63) is 48.0 Å². The first-order valence-corrected chi connectivity index (χ1v) is 7.68. The maximum absolute atomic E-state index is 2.46. The molecule has 1 unspecified atom stereocenters. The molecule has 0 saturated carbocycles. The van der Waals surface area contributed by atoms with Crippen LogP contribution in [0, 0.1) is 0 Å². The molecule has 0 aromatic heterocycles. The molecule has 0 bridgehead atoms. The van der Waals surface area contributed by atoms with E-state index in [1.165, 1.54) is 63.4 Å².